The van der Waals surface area contributed by atoms with Crippen LogP contribution in [0.4, 0.5) is 5.69 Å². The first-order valence-electron chi connectivity index (χ1n) is 6.90. The molecule has 118 valence electrons. The van der Waals surface area contributed by atoms with E-state index in [0.29, 0.717) is 29.6 Å². The topological polar surface area (TPSA) is 72.4 Å². The van der Waals surface area contributed by atoms with Gasteiger partial charge in [0.1, 0.15) is 0 Å². The van der Waals surface area contributed by atoms with Gasteiger partial charge in [0.15, 0.2) is 0 Å². The number of nitro benzene ring substituents is 1. The van der Waals surface area contributed by atoms with Gasteiger partial charge in [-0.1, -0.05) is 18.5 Å². The van der Waals surface area contributed by atoms with Crippen molar-refractivity contribution in [3.8, 4) is 0 Å². The van der Waals surface area contributed by atoms with E-state index in [9.17, 15) is 10.1 Å². The first kappa shape index (κ1) is 18.2. The van der Waals surface area contributed by atoms with Gasteiger partial charge in [0, 0.05) is 35.8 Å². The molecule has 0 aliphatic carbocycles. The van der Waals surface area contributed by atoms with Crippen molar-refractivity contribution in [2.24, 2.45) is 11.7 Å². The molecule has 2 unspecified atom stereocenters. The lowest BCUT2D eigenvalue weighted by Crippen LogP contribution is -2.48. The Morgan fingerprint density at radius 1 is 1.52 bits per heavy atom. The average Bonchev–Trinajstić information content (AvgIpc) is 2.38. The third-order valence-corrected chi connectivity index (χ3v) is 4.32. The van der Waals surface area contributed by atoms with Crippen molar-refractivity contribution in [3.05, 3.63) is 38.9 Å². The van der Waals surface area contributed by atoms with Crippen LogP contribution in [-0.2, 0) is 6.54 Å². The van der Waals surface area contributed by atoms with E-state index in [4.69, 9.17) is 17.3 Å². The molecule has 1 aliphatic rings. The summed E-state index contributed by atoms with van der Waals surface area (Å²) < 4.78 is 0. The third kappa shape index (κ3) is 4.30. The van der Waals surface area contributed by atoms with E-state index in [1.54, 1.807) is 12.1 Å². The summed E-state index contributed by atoms with van der Waals surface area (Å²) in [6.07, 6.45) is 2.27. The molecule has 0 amide bonds. The lowest BCUT2D eigenvalue weighted by molar-refractivity contribution is -0.385. The van der Waals surface area contributed by atoms with Crippen molar-refractivity contribution in [2.75, 3.05) is 13.1 Å². The van der Waals surface area contributed by atoms with Crippen molar-refractivity contribution in [1.82, 2.24) is 4.90 Å². The summed E-state index contributed by atoms with van der Waals surface area (Å²) in [6.45, 7) is 4.23. The Kier molecular flexibility index (Phi) is 6.87. The van der Waals surface area contributed by atoms with Crippen LogP contribution in [0, 0.1) is 16.0 Å². The van der Waals surface area contributed by atoms with Crippen LogP contribution >= 0.6 is 24.0 Å². The maximum Gasteiger partial charge on any atom is 0.273 e. The van der Waals surface area contributed by atoms with Gasteiger partial charge < -0.3 is 5.73 Å². The predicted molar refractivity (Wildman–Crippen MR) is 87.0 cm³/mol. The summed E-state index contributed by atoms with van der Waals surface area (Å²) in [6, 6.07) is 5.00. The van der Waals surface area contributed by atoms with Crippen LogP contribution in [-0.4, -0.2) is 29.0 Å². The summed E-state index contributed by atoms with van der Waals surface area (Å²) >= 11 is 5.97. The van der Waals surface area contributed by atoms with Gasteiger partial charge in [0.25, 0.3) is 5.69 Å². The smallest absolute Gasteiger partial charge is 0.273 e. The molecule has 21 heavy (non-hydrogen) atoms. The van der Waals surface area contributed by atoms with Crippen molar-refractivity contribution in [1.29, 1.82) is 0 Å². The predicted octanol–water partition coefficient (Wildman–Crippen LogP) is 3.23. The molecule has 1 fully saturated rings. The molecule has 1 saturated heterocycles. The van der Waals surface area contributed by atoms with Gasteiger partial charge in [-0.2, -0.15) is 0 Å². The van der Waals surface area contributed by atoms with Gasteiger partial charge in [-0.25, -0.2) is 0 Å². The minimum atomic E-state index is -0.351. The standard InChI is InChI=1S/C14H20ClN3O2.ClH/c1-10-3-2-6-17(14(10)8-16)9-11-7-12(15)4-5-13(11)18(19)20;/h4-5,7,10,14H,2-3,6,8-9,16H2,1H3;1H. The number of hydrogen-bond acceptors (Lipinski definition) is 4. The second kappa shape index (κ2) is 7.94. The molecule has 1 aromatic rings. The fourth-order valence-corrected chi connectivity index (χ4v) is 3.18. The zero-order chi connectivity index (χ0) is 14.7. The van der Waals surface area contributed by atoms with Crippen LogP contribution in [0.15, 0.2) is 18.2 Å². The molecule has 0 radical (unpaired) electrons. The first-order valence-corrected chi connectivity index (χ1v) is 7.27. The largest absolute Gasteiger partial charge is 0.329 e. The lowest BCUT2D eigenvalue weighted by Gasteiger charge is -2.39. The summed E-state index contributed by atoms with van der Waals surface area (Å²) in [5.74, 6) is 0.520. The van der Waals surface area contributed by atoms with E-state index in [0.717, 1.165) is 19.4 Å². The van der Waals surface area contributed by atoms with Crippen LogP contribution < -0.4 is 5.73 Å². The fourth-order valence-electron chi connectivity index (χ4n) is 2.99. The lowest BCUT2D eigenvalue weighted by atomic mass is 9.90. The summed E-state index contributed by atoms with van der Waals surface area (Å²) in [4.78, 5) is 13.0. The van der Waals surface area contributed by atoms with E-state index in [-0.39, 0.29) is 29.1 Å². The highest BCUT2D eigenvalue weighted by Gasteiger charge is 2.28. The van der Waals surface area contributed by atoms with Gasteiger partial charge in [-0.3, -0.25) is 15.0 Å². The number of nitrogens with two attached hydrogens (primary N) is 1. The first-order chi connectivity index (χ1) is 9.52. The van der Waals surface area contributed by atoms with Crippen molar-refractivity contribution < 1.29 is 4.92 Å². The third-order valence-electron chi connectivity index (χ3n) is 4.08. The van der Waals surface area contributed by atoms with E-state index in [1.165, 1.54) is 6.07 Å². The molecule has 2 atom stereocenters. The molecular formula is C14H21Cl2N3O2. The highest BCUT2D eigenvalue weighted by Crippen LogP contribution is 2.28. The fraction of sp³-hybridized carbons (Fsp3) is 0.571. The Morgan fingerprint density at radius 3 is 2.86 bits per heavy atom. The van der Waals surface area contributed by atoms with Gasteiger partial charge in [0.2, 0.25) is 0 Å². The van der Waals surface area contributed by atoms with E-state index in [1.807, 2.05) is 0 Å². The normalized spacial score (nSPS) is 22.6. The number of halogens is 2. The quantitative estimate of drug-likeness (QED) is 0.678. The number of nitrogens with zero attached hydrogens (tertiary/aromatic N) is 2. The Morgan fingerprint density at radius 2 is 2.24 bits per heavy atom. The van der Waals surface area contributed by atoms with Crippen LogP contribution in [0.2, 0.25) is 5.02 Å². The second-order valence-electron chi connectivity index (χ2n) is 5.42. The summed E-state index contributed by atoms with van der Waals surface area (Å²) in [5.41, 5.74) is 6.65. The number of nitro groups is 1. The van der Waals surface area contributed by atoms with Crippen LogP contribution in [0.1, 0.15) is 25.3 Å². The molecule has 1 heterocycles. The molecule has 7 heteroatoms. The minimum absolute atomic E-state index is 0. The molecule has 1 aromatic carbocycles. The monoisotopic (exact) mass is 333 g/mol. The molecule has 0 saturated carbocycles. The Bertz CT molecular complexity index is 499. The molecule has 2 rings (SSSR count). The van der Waals surface area contributed by atoms with Crippen LogP contribution in [0.3, 0.4) is 0 Å². The van der Waals surface area contributed by atoms with Crippen LogP contribution in [0.25, 0.3) is 0 Å². The van der Waals surface area contributed by atoms with Crippen molar-refractivity contribution in [2.45, 2.75) is 32.4 Å². The van der Waals surface area contributed by atoms with E-state index < -0.39 is 0 Å². The second-order valence-corrected chi connectivity index (χ2v) is 5.86. The molecule has 0 bridgehead atoms. The zero-order valence-electron chi connectivity index (χ0n) is 12.0. The number of rotatable bonds is 4. The maximum atomic E-state index is 11.1. The Balaban J connectivity index is 0.00000220. The molecule has 0 aromatic heterocycles. The van der Waals surface area contributed by atoms with Crippen molar-refractivity contribution >= 4 is 29.7 Å². The Labute approximate surface area is 136 Å². The number of hydrogen-bond donors (Lipinski definition) is 1. The molecule has 2 N–H and O–H groups in total. The highest BCUT2D eigenvalue weighted by atomic mass is 35.5. The highest BCUT2D eigenvalue weighted by molar-refractivity contribution is 6.30. The summed E-state index contributed by atoms with van der Waals surface area (Å²) in [7, 11) is 0. The minimum Gasteiger partial charge on any atom is -0.329 e. The maximum absolute atomic E-state index is 11.1. The van der Waals surface area contributed by atoms with Gasteiger partial charge in [0.05, 0.1) is 4.92 Å². The molecule has 1 aliphatic heterocycles. The van der Waals surface area contributed by atoms with E-state index in [2.05, 4.69) is 11.8 Å². The Hall–Kier alpha value is -0.880. The molecule has 5 nitrogen and oxygen atoms in total. The van der Waals surface area contributed by atoms with Gasteiger partial charge in [-0.05, 0) is 37.4 Å². The molecular weight excluding hydrogens is 313 g/mol. The number of piperidine rings is 1. The SMILES string of the molecule is CC1CCCN(Cc2cc(Cl)ccc2[N+](=O)[O-])C1CN.Cl. The average molecular weight is 334 g/mol. The zero-order valence-corrected chi connectivity index (χ0v) is 13.6. The summed E-state index contributed by atoms with van der Waals surface area (Å²) in [5, 5.41) is 11.6. The number of benzene rings is 1. The van der Waals surface area contributed by atoms with Gasteiger partial charge >= 0.3 is 0 Å². The van der Waals surface area contributed by atoms with Gasteiger partial charge in [-0.15, -0.1) is 12.4 Å². The van der Waals surface area contributed by atoms with E-state index >= 15 is 0 Å². The molecule has 0 spiro atoms. The van der Waals surface area contributed by atoms with Crippen LogP contribution in [0.5, 0.6) is 0 Å². The number of likely N-dealkylation sites (tertiary alicyclic amines) is 1. The van der Waals surface area contributed by atoms with Crippen molar-refractivity contribution in [3.63, 3.8) is 0 Å².